The highest BCUT2D eigenvalue weighted by Gasteiger charge is 2.46. The van der Waals surface area contributed by atoms with E-state index in [4.69, 9.17) is 25.9 Å². The lowest BCUT2D eigenvalue weighted by atomic mass is 9.95. The van der Waals surface area contributed by atoms with Crippen molar-refractivity contribution in [2.75, 3.05) is 90.6 Å². The van der Waals surface area contributed by atoms with E-state index in [-0.39, 0.29) is 97.1 Å². The van der Waals surface area contributed by atoms with E-state index in [1.54, 1.807) is 12.1 Å². The first-order valence-electron chi connectivity index (χ1n) is 29.0. The second-order valence-corrected chi connectivity index (χ2v) is 23.9. The first-order valence-corrected chi connectivity index (χ1v) is 29.0. The van der Waals surface area contributed by atoms with Gasteiger partial charge in [-0.2, -0.15) is 23.1 Å². The average Bonchev–Trinajstić information content (AvgIpc) is 1.33. The van der Waals surface area contributed by atoms with Crippen molar-refractivity contribution in [1.29, 1.82) is 0 Å². The number of phenolic OH excluding ortho intramolecular Hbond substituents is 3. The Labute approximate surface area is 488 Å². The maximum atomic E-state index is 17.5. The number of halogens is 5. The summed E-state index contributed by atoms with van der Waals surface area (Å²) in [6.45, 7) is 11.8. The monoisotopic (exact) mass is 1170 g/mol. The van der Waals surface area contributed by atoms with Gasteiger partial charge in [-0.25, -0.2) is 13.8 Å². The quantitative estimate of drug-likeness (QED) is 0.0429. The van der Waals surface area contributed by atoms with Crippen LogP contribution in [0.5, 0.6) is 29.1 Å². The first-order chi connectivity index (χ1) is 40.8. The molecule has 0 spiro atoms. The third-order valence-electron chi connectivity index (χ3n) is 17.5. The van der Waals surface area contributed by atoms with Gasteiger partial charge in [-0.1, -0.05) is 38.0 Å². The van der Waals surface area contributed by atoms with Gasteiger partial charge in [0.15, 0.2) is 11.6 Å². The first kappa shape index (κ1) is 57.5. The van der Waals surface area contributed by atoms with E-state index in [0.717, 1.165) is 96.4 Å². The van der Waals surface area contributed by atoms with Gasteiger partial charge in [0.05, 0.1) is 24.8 Å². The van der Waals surface area contributed by atoms with Crippen LogP contribution in [0.15, 0.2) is 60.7 Å². The largest absolute Gasteiger partial charge is 0.508 e. The number of carbonyl (C=O) groups excluding carboxylic acids is 1. The summed E-state index contributed by atoms with van der Waals surface area (Å²) >= 11 is 0. The fraction of sp³-hybridized carbons (Fsp3) is 0.452. The molecule has 3 aromatic heterocycles. The molecule has 1 aliphatic carbocycles. The summed E-state index contributed by atoms with van der Waals surface area (Å²) in [6, 6.07) is 15.9. The summed E-state index contributed by atoms with van der Waals surface area (Å²) in [5.41, 5.74) is 1.64. The molecule has 1 saturated carbocycles. The molecule has 85 heavy (non-hydrogen) atoms. The number of alkyl halides is 3. The lowest BCUT2D eigenvalue weighted by Crippen LogP contribution is -2.51. The smallest absolute Gasteiger partial charge is 0.405 e. The highest BCUT2D eigenvalue weighted by atomic mass is 19.4. The number of aromatic hydroxyl groups is 3. The zero-order valence-electron chi connectivity index (χ0n) is 47.5. The zero-order valence-corrected chi connectivity index (χ0v) is 47.5. The number of rotatable bonds is 17. The molecule has 23 heteroatoms. The summed E-state index contributed by atoms with van der Waals surface area (Å²) in [6.07, 6.45) is 7.17. The Bertz CT molecular complexity index is 3710. The molecule has 7 heterocycles. The number of hydrogen-bond acceptors (Lipinski definition) is 16. The van der Waals surface area contributed by atoms with Crippen LogP contribution in [0.1, 0.15) is 85.6 Å². The summed E-state index contributed by atoms with van der Waals surface area (Å²) in [5, 5.41) is 46.8. The number of nitrogens with zero attached hydrogens (tertiary/aromatic N) is 10. The predicted octanol–water partition coefficient (Wildman–Crippen LogP) is 8.52. The number of aromatic nitrogens is 6. The van der Waals surface area contributed by atoms with Gasteiger partial charge in [0.2, 0.25) is 11.7 Å². The van der Waals surface area contributed by atoms with Gasteiger partial charge >= 0.3 is 12.2 Å². The molecule has 5 aliphatic rings. The Kier molecular flexibility index (Phi) is 15.7. The summed E-state index contributed by atoms with van der Waals surface area (Å²) < 4.78 is 85.8. The third kappa shape index (κ3) is 11.9. The van der Waals surface area contributed by atoms with Crippen LogP contribution in [0.3, 0.4) is 0 Å². The Morgan fingerprint density at radius 2 is 1.56 bits per heavy atom. The SMILES string of the molecule is C#Cc1c(F)ccc2cc(O)cc(-c3nc(OC)c4c(N5CC6CCC(C5)N6)nc(OCC5(CN6CCN(CC7CCN(Cc8ccc(-n9c(C(=O)NCC(F)(F)F)nnc9-c9cc(C(C)C)c(O)cc9O)cc8)CC7)CC6)CC5)nc4c3F)c12. The second-order valence-electron chi connectivity index (χ2n) is 23.9. The molecule has 2 unspecified atom stereocenters. The topological polar surface area (TPSA) is 203 Å². The molecule has 5 fully saturated rings. The highest BCUT2D eigenvalue weighted by molar-refractivity contribution is 6.04. The lowest BCUT2D eigenvalue weighted by Gasteiger charge is -2.39. The van der Waals surface area contributed by atoms with Crippen LogP contribution in [0.4, 0.5) is 27.8 Å². The molecule has 0 radical (unpaired) electrons. The summed E-state index contributed by atoms with van der Waals surface area (Å²) in [4.78, 5) is 37.1. The van der Waals surface area contributed by atoms with Crippen LogP contribution in [0.2, 0.25) is 0 Å². The van der Waals surface area contributed by atoms with E-state index in [2.05, 4.69) is 46.0 Å². The van der Waals surface area contributed by atoms with Gasteiger partial charge < -0.3 is 50.1 Å². The highest BCUT2D eigenvalue weighted by Crippen LogP contribution is 2.48. The Balaban J connectivity index is 0.677. The number of hydrogen-bond donors (Lipinski definition) is 5. The fourth-order valence-corrected chi connectivity index (χ4v) is 12.8. The van der Waals surface area contributed by atoms with Crippen molar-refractivity contribution in [2.45, 2.75) is 83.1 Å². The van der Waals surface area contributed by atoms with Crippen LogP contribution < -0.4 is 25.0 Å². The number of piperidine rings is 1. The van der Waals surface area contributed by atoms with Gasteiger partial charge in [0, 0.05) is 99.1 Å². The molecule has 12 rings (SSSR count). The molecule has 2 bridgehead atoms. The van der Waals surface area contributed by atoms with Crippen molar-refractivity contribution in [3.63, 3.8) is 0 Å². The average molecular weight is 1170 g/mol. The normalized spacial score (nSPS) is 19.5. The summed E-state index contributed by atoms with van der Waals surface area (Å²) in [7, 11) is 1.44. The van der Waals surface area contributed by atoms with E-state index in [1.807, 2.05) is 31.3 Å². The number of piperazine rings is 2. The minimum atomic E-state index is -4.65. The Hall–Kier alpha value is -7.91. The van der Waals surface area contributed by atoms with Gasteiger partial charge in [-0.3, -0.25) is 14.3 Å². The van der Waals surface area contributed by atoms with Gasteiger partial charge in [-0.05, 0) is 116 Å². The second kappa shape index (κ2) is 23.2. The van der Waals surface area contributed by atoms with Gasteiger partial charge in [0.1, 0.15) is 52.0 Å². The molecule has 446 valence electrons. The van der Waals surface area contributed by atoms with Gasteiger partial charge in [0.25, 0.3) is 5.91 Å². The Morgan fingerprint density at radius 1 is 0.847 bits per heavy atom. The molecular weight excluding hydrogens is 1100 g/mol. The molecule has 4 saturated heterocycles. The zero-order chi connectivity index (χ0) is 59.5. The lowest BCUT2D eigenvalue weighted by molar-refractivity contribution is -0.123. The maximum absolute atomic E-state index is 17.5. The molecular formula is C62H67F5N12O6. The standard InChI is InChI=1S/C62H67F5N12O6/c1-5-43-47(63)13-8-38-24-42(80)25-46(50(38)43)53-52(64)54-51(59(70-53)84-4)56(78-30-39-9-10-40(31-78)69-39)72-60(71-54)85-34-61(16-17-61)33-77-22-20-76(21-23-77)29-37-14-18-75(19-15-37)28-36-6-11-41(12-7-36)79-55(45-26-44(35(2)3)48(81)27-49(45)82)73-74-57(79)58(83)68-32-62(65,66)67/h1,6-8,11-13,24-27,35,37,39-40,69,80-82H,9-10,14-23,28-34H2,2-4H3,(H,68,83). The van der Waals surface area contributed by atoms with E-state index >= 15 is 8.78 Å². The van der Waals surface area contributed by atoms with E-state index in [0.29, 0.717) is 54.6 Å². The van der Waals surface area contributed by atoms with E-state index in [9.17, 15) is 33.3 Å². The van der Waals surface area contributed by atoms with Crippen molar-refractivity contribution in [2.24, 2.45) is 11.3 Å². The van der Waals surface area contributed by atoms with Crippen LogP contribution in [-0.2, 0) is 6.54 Å². The van der Waals surface area contributed by atoms with Gasteiger partial charge in [-0.15, -0.1) is 16.6 Å². The van der Waals surface area contributed by atoms with Crippen LogP contribution in [-0.4, -0.2) is 170 Å². The number of methoxy groups -OCH3 is 1. The van der Waals surface area contributed by atoms with Crippen LogP contribution in [0.25, 0.3) is 50.0 Å². The van der Waals surface area contributed by atoms with Crippen molar-refractivity contribution in [3.05, 3.63) is 94.8 Å². The summed E-state index contributed by atoms with van der Waals surface area (Å²) in [5.74, 6) is -0.290. The number of phenols is 3. The van der Waals surface area contributed by atoms with Crippen molar-refractivity contribution >= 4 is 33.4 Å². The van der Waals surface area contributed by atoms with Crippen LogP contribution >= 0.6 is 0 Å². The molecule has 1 amide bonds. The number of benzene rings is 4. The minimum absolute atomic E-state index is 0.0191. The molecule has 5 N–H and O–H groups in total. The van der Waals surface area contributed by atoms with E-state index < -0.39 is 36.1 Å². The Morgan fingerprint density at radius 3 is 2.24 bits per heavy atom. The number of pyridine rings is 1. The number of carbonyl (C=O) groups is 1. The van der Waals surface area contributed by atoms with Crippen molar-refractivity contribution in [3.8, 4) is 69.8 Å². The maximum Gasteiger partial charge on any atom is 0.405 e. The number of nitrogens with one attached hydrogen (secondary N) is 2. The number of likely N-dealkylation sites (tertiary alicyclic amines) is 1. The predicted molar refractivity (Wildman–Crippen MR) is 309 cm³/mol. The van der Waals surface area contributed by atoms with E-state index in [1.165, 1.54) is 48.1 Å². The molecule has 4 aliphatic heterocycles. The number of amides is 1. The molecule has 18 nitrogen and oxygen atoms in total. The molecule has 4 aromatic carbocycles. The number of terminal acetylenes is 1. The van der Waals surface area contributed by atoms with Crippen molar-refractivity contribution in [1.82, 2.24) is 55.0 Å². The third-order valence-corrected chi connectivity index (χ3v) is 17.5. The molecule has 2 atom stereocenters. The molecule has 7 aromatic rings. The number of fused-ring (bicyclic) bond motifs is 4. The minimum Gasteiger partial charge on any atom is -0.508 e. The van der Waals surface area contributed by atoms with Crippen molar-refractivity contribution < 1.29 is 51.5 Å². The number of anilines is 1. The van der Waals surface area contributed by atoms with Crippen LogP contribution in [0, 0.1) is 35.3 Å². The number of ether oxygens (including phenoxy) is 2. The fourth-order valence-electron chi connectivity index (χ4n) is 12.8.